The summed E-state index contributed by atoms with van der Waals surface area (Å²) in [5.74, 6) is -1.74. The lowest BCUT2D eigenvalue weighted by molar-refractivity contribution is 0.0932. The largest absolute Gasteiger partial charge is 0.493 e. The first-order chi connectivity index (χ1) is 15.4. The number of benzene rings is 1. The highest BCUT2D eigenvalue weighted by Crippen LogP contribution is 2.33. The van der Waals surface area contributed by atoms with Crippen LogP contribution in [0.1, 0.15) is 36.7 Å². The Kier molecular flexibility index (Phi) is 8.07. The number of halogens is 2. The Morgan fingerprint density at radius 3 is 2.84 bits per heavy atom. The average Bonchev–Trinajstić information content (AvgIpc) is 2.95. The molecule has 0 radical (unpaired) electrons. The molecule has 1 saturated heterocycles. The molecule has 0 aliphatic carbocycles. The van der Waals surface area contributed by atoms with Crippen molar-refractivity contribution in [2.45, 2.75) is 32.3 Å². The van der Waals surface area contributed by atoms with Crippen LogP contribution >= 0.6 is 11.3 Å². The number of allylic oxidation sites excluding steroid dienone is 2. The molecule has 10 heteroatoms. The third-order valence-corrected chi connectivity index (χ3v) is 5.75. The van der Waals surface area contributed by atoms with Crippen molar-refractivity contribution in [1.29, 1.82) is 0 Å². The van der Waals surface area contributed by atoms with Crippen LogP contribution in [-0.2, 0) is 4.74 Å². The van der Waals surface area contributed by atoms with Gasteiger partial charge in [-0.15, -0.1) is 0 Å². The van der Waals surface area contributed by atoms with Gasteiger partial charge in [0.05, 0.1) is 23.6 Å². The van der Waals surface area contributed by atoms with E-state index in [4.69, 9.17) is 10.5 Å². The van der Waals surface area contributed by atoms with E-state index in [2.05, 4.69) is 27.2 Å². The summed E-state index contributed by atoms with van der Waals surface area (Å²) in [6.07, 6.45) is 5.47. The van der Waals surface area contributed by atoms with Gasteiger partial charge in [0, 0.05) is 6.20 Å². The summed E-state index contributed by atoms with van der Waals surface area (Å²) in [5, 5.41) is 6.02. The van der Waals surface area contributed by atoms with E-state index in [1.54, 1.807) is 6.92 Å². The number of nitrogens with one attached hydrogen (secondary N) is 2. The zero-order chi connectivity index (χ0) is 23.1. The third kappa shape index (κ3) is 5.77. The lowest BCUT2D eigenvalue weighted by Gasteiger charge is -2.19. The van der Waals surface area contributed by atoms with Crippen molar-refractivity contribution in [2.24, 2.45) is 4.99 Å². The summed E-state index contributed by atoms with van der Waals surface area (Å²) in [6, 6.07) is 3.49. The molecule has 2 heterocycles. The van der Waals surface area contributed by atoms with Crippen molar-refractivity contribution in [3.8, 4) is 10.6 Å². The molecular formula is C22H25F2N5O2S. The van der Waals surface area contributed by atoms with Gasteiger partial charge >= 0.3 is 0 Å². The summed E-state index contributed by atoms with van der Waals surface area (Å²) in [5.41, 5.74) is 5.80. The number of nitrogens with zero attached hydrogens (tertiary/aromatic N) is 2. The molecule has 1 aromatic heterocycles. The van der Waals surface area contributed by atoms with Gasteiger partial charge in [-0.2, -0.15) is 0 Å². The van der Waals surface area contributed by atoms with E-state index < -0.39 is 17.5 Å². The fraction of sp³-hybridized carbons (Fsp3) is 0.318. The van der Waals surface area contributed by atoms with Gasteiger partial charge in [-0.25, -0.2) is 13.8 Å². The molecule has 3 rings (SSSR count). The van der Waals surface area contributed by atoms with Crippen molar-refractivity contribution in [3.05, 3.63) is 59.8 Å². The maximum Gasteiger partial charge on any atom is 0.277 e. The number of nitrogen functional groups attached to an aromatic ring is 1. The number of ether oxygens (including phenoxy) is 1. The molecule has 0 saturated carbocycles. The minimum Gasteiger partial charge on any atom is -0.493 e. The molecule has 1 aromatic carbocycles. The van der Waals surface area contributed by atoms with E-state index in [9.17, 15) is 13.6 Å². The van der Waals surface area contributed by atoms with Crippen LogP contribution < -0.4 is 16.4 Å². The summed E-state index contributed by atoms with van der Waals surface area (Å²) >= 11 is 0.830. The number of aliphatic imine (C=N–C) groups is 1. The van der Waals surface area contributed by atoms with Crippen LogP contribution in [0.3, 0.4) is 0 Å². The van der Waals surface area contributed by atoms with Crippen molar-refractivity contribution < 1.29 is 18.3 Å². The average molecular weight is 462 g/mol. The van der Waals surface area contributed by atoms with Crippen LogP contribution in [0.15, 0.2) is 47.4 Å². The smallest absolute Gasteiger partial charge is 0.277 e. The van der Waals surface area contributed by atoms with E-state index in [0.717, 1.165) is 55.8 Å². The number of carbonyl (C=O) groups excluding carboxylic acids is 1. The van der Waals surface area contributed by atoms with Gasteiger partial charge in [-0.3, -0.25) is 9.79 Å². The van der Waals surface area contributed by atoms with Crippen LogP contribution in [0.4, 0.5) is 13.8 Å². The molecule has 2 aromatic rings. The van der Waals surface area contributed by atoms with Gasteiger partial charge in [0.1, 0.15) is 27.4 Å². The van der Waals surface area contributed by atoms with Gasteiger partial charge in [0.25, 0.3) is 5.91 Å². The van der Waals surface area contributed by atoms with Crippen LogP contribution in [0.25, 0.3) is 10.6 Å². The fourth-order valence-corrected chi connectivity index (χ4v) is 4.12. The molecule has 1 aliphatic heterocycles. The van der Waals surface area contributed by atoms with Gasteiger partial charge in [-0.1, -0.05) is 24.0 Å². The second-order valence-electron chi connectivity index (χ2n) is 7.13. The number of hydrogen-bond acceptors (Lipinski definition) is 7. The second kappa shape index (κ2) is 11.0. The first-order valence-corrected chi connectivity index (χ1v) is 11.0. The molecule has 4 N–H and O–H groups in total. The van der Waals surface area contributed by atoms with Crippen LogP contribution in [-0.4, -0.2) is 36.3 Å². The van der Waals surface area contributed by atoms with Crippen molar-refractivity contribution >= 4 is 28.5 Å². The van der Waals surface area contributed by atoms with E-state index in [1.165, 1.54) is 18.5 Å². The molecule has 1 amide bonds. The standard InChI is InChI=1S/C22H25F2N5O2S/c1-3-26-12-17(13(2)31-14-6-5-10-27-11-9-14)28-21(30)19-20(25)32-22(29-19)18-15(23)7-4-8-16(18)24/h3-4,7-8,12,14,27H,1,5-6,9-11,25H2,2H3,(H,28,30)/b17-13-,26-12?. The Morgan fingerprint density at radius 2 is 2.12 bits per heavy atom. The Balaban J connectivity index is 1.84. The number of anilines is 1. The normalized spacial score (nSPS) is 17.5. The number of rotatable bonds is 7. The maximum absolute atomic E-state index is 14.1. The van der Waals surface area contributed by atoms with Gasteiger partial charge in [0.2, 0.25) is 0 Å². The molecule has 170 valence electrons. The van der Waals surface area contributed by atoms with Crippen LogP contribution in [0.2, 0.25) is 0 Å². The van der Waals surface area contributed by atoms with Gasteiger partial charge in [0.15, 0.2) is 5.69 Å². The summed E-state index contributed by atoms with van der Waals surface area (Å²) in [7, 11) is 0. The maximum atomic E-state index is 14.1. The highest BCUT2D eigenvalue weighted by molar-refractivity contribution is 7.19. The van der Waals surface area contributed by atoms with E-state index in [1.807, 2.05) is 0 Å². The zero-order valence-electron chi connectivity index (χ0n) is 17.7. The van der Waals surface area contributed by atoms with Gasteiger partial charge in [-0.05, 0) is 51.4 Å². The molecule has 0 spiro atoms. The Bertz CT molecular complexity index is 1020. The van der Waals surface area contributed by atoms with E-state index >= 15 is 0 Å². The number of thiazole rings is 1. The third-order valence-electron chi connectivity index (χ3n) is 4.85. The Morgan fingerprint density at radius 1 is 1.38 bits per heavy atom. The first-order valence-electron chi connectivity index (χ1n) is 10.1. The molecule has 1 unspecified atom stereocenters. The van der Waals surface area contributed by atoms with Gasteiger partial charge < -0.3 is 21.1 Å². The lowest BCUT2D eigenvalue weighted by Crippen LogP contribution is -2.27. The molecule has 7 nitrogen and oxygen atoms in total. The summed E-state index contributed by atoms with van der Waals surface area (Å²) in [4.78, 5) is 20.9. The predicted octanol–water partition coefficient (Wildman–Crippen LogP) is 4.00. The second-order valence-corrected chi connectivity index (χ2v) is 8.16. The minimum atomic E-state index is -0.786. The first kappa shape index (κ1) is 23.6. The lowest BCUT2D eigenvalue weighted by atomic mass is 10.1. The summed E-state index contributed by atoms with van der Waals surface area (Å²) in [6.45, 7) is 7.07. The topological polar surface area (TPSA) is 102 Å². The Hall–Kier alpha value is -3.11. The van der Waals surface area contributed by atoms with Crippen molar-refractivity contribution in [3.63, 3.8) is 0 Å². The quantitative estimate of drug-likeness (QED) is 0.427. The van der Waals surface area contributed by atoms with Crippen molar-refractivity contribution in [2.75, 3.05) is 18.8 Å². The highest BCUT2D eigenvalue weighted by Gasteiger charge is 2.23. The fourth-order valence-electron chi connectivity index (χ4n) is 3.24. The number of hydrogen-bond donors (Lipinski definition) is 3. The molecule has 1 fully saturated rings. The monoisotopic (exact) mass is 461 g/mol. The van der Waals surface area contributed by atoms with E-state index in [0.29, 0.717) is 11.5 Å². The number of carbonyl (C=O) groups is 1. The van der Waals surface area contributed by atoms with E-state index in [-0.39, 0.29) is 27.4 Å². The van der Waals surface area contributed by atoms with Crippen molar-refractivity contribution in [1.82, 2.24) is 15.6 Å². The highest BCUT2D eigenvalue weighted by atomic mass is 32.1. The molecular weight excluding hydrogens is 436 g/mol. The zero-order valence-corrected chi connectivity index (χ0v) is 18.5. The minimum absolute atomic E-state index is 0.00834. The molecule has 1 atom stereocenters. The van der Waals surface area contributed by atoms with Crippen LogP contribution in [0, 0.1) is 11.6 Å². The number of aromatic nitrogens is 1. The molecule has 0 bridgehead atoms. The molecule has 32 heavy (non-hydrogen) atoms. The number of amides is 1. The predicted molar refractivity (Wildman–Crippen MR) is 122 cm³/mol. The Labute approximate surface area is 189 Å². The number of nitrogens with two attached hydrogens (primary N) is 1. The van der Waals surface area contributed by atoms with Crippen LogP contribution in [0.5, 0.6) is 0 Å². The molecule has 1 aliphatic rings. The SMILES string of the molecule is C=CN=C/C(NC(=O)c1nc(-c2c(F)cccc2F)sc1N)=C(\C)OC1CCCNCC1. The summed E-state index contributed by atoms with van der Waals surface area (Å²) < 4.78 is 34.3.